The Labute approximate surface area is 171 Å². The van der Waals surface area contributed by atoms with E-state index in [2.05, 4.69) is 23.5 Å². The molecule has 1 atom stereocenters. The molecule has 4 rings (SSSR count). The van der Waals surface area contributed by atoms with Crippen LogP contribution in [0, 0.1) is 6.92 Å². The van der Waals surface area contributed by atoms with Gasteiger partial charge in [-0.1, -0.05) is 54.6 Å². The van der Waals surface area contributed by atoms with Crippen molar-refractivity contribution in [2.45, 2.75) is 45.7 Å². The second-order valence-electron chi connectivity index (χ2n) is 7.75. The first-order valence-corrected chi connectivity index (χ1v) is 10.2. The summed E-state index contributed by atoms with van der Waals surface area (Å²) in [6, 6.07) is 20.2. The number of carbonyl (C=O) groups excluding carboxylic acids is 2. The largest absolute Gasteiger partial charge is 0.348 e. The predicted molar refractivity (Wildman–Crippen MR) is 115 cm³/mol. The third-order valence-corrected chi connectivity index (χ3v) is 5.82. The molecule has 4 nitrogen and oxygen atoms in total. The van der Waals surface area contributed by atoms with Crippen LogP contribution in [0.2, 0.25) is 0 Å². The van der Waals surface area contributed by atoms with E-state index in [0.717, 1.165) is 36.2 Å². The van der Waals surface area contributed by atoms with Gasteiger partial charge in [-0.25, -0.2) is 0 Å². The van der Waals surface area contributed by atoms with E-state index in [1.165, 1.54) is 11.1 Å². The molecule has 0 saturated carbocycles. The van der Waals surface area contributed by atoms with Crippen LogP contribution in [0.5, 0.6) is 0 Å². The van der Waals surface area contributed by atoms with E-state index in [0.29, 0.717) is 5.56 Å². The van der Waals surface area contributed by atoms with Crippen LogP contribution in [0.3, 0.4) is 0 Å². The number of rotatable bonds is 5. The van der Waals surface area contributed by atoms with Crippen LogP contribution in [0.25, 0.3) is 11.3 Å². The normalized spacial score (nSPS) is 15.6. The van der Waals surface area contributed by atoms with Gasteiger partial charge in [-0.2, -0.15) is 0 Å². The Kier molecular flexibility index (Phi) is 5.34. The van der Waals surface area contributed by atoms with Gasteiger partial charge in [0.05, 0.1) is 6.04 Å². The summed E-state index contributed by atoms with van der Waals surface area (Å²) in [5, 5.41) is 3.22. The van der Waals surface area contributed by atoms with Gasteiger partial charge in [0.1, 0.15) is 6.54 Å². The number of Topliss-reactive ketones (excluding diaryl/α,β-unsaturated/α-hetero) is 1. The second kappa shape index (κ2) is 8.08. The molecule has 1 aromatic heterocycles. The summed E-state index contributed by atoms with van der Waals surface area (Å²) in [6.07, 6.45) is 3.10. The Balaban J connectivity index is 1.61. The van der Waals surface area contributed by atoms with Gasteiger partial charge in [-0.3, -0.25) is 9.59 Å². The monoisotopic (exact) mass is 386 g/mol. The van der Waals surface area contributed by atoms with Crippen LogP contribution in [0.1, 0.15) is 53.0 Å². The van der Waals surface area contributed by atoms with Gasteiger partial charge < -0.3 is 9.88 Å². The number of carbonyl (C=O) groups is 2. The standard InChI is InChI=1S/C25H26N2O2/c1-17-22(18(2)28)15-24(20-10-4-3-5-11-20)27(17)16-25(29)26-23-14-8-12-19-9-6-7-13-21(19)23/h3-7,9-11,13,15,23H,8,12,14,16H2,1-2H3,(H,26,29)/t23-/m0/s1. The van der Waals surface area contributed by atoms with Crippen LogP contribution in [0.15, 0.2) is 60.7 Å². The number of nitrogens with one attached hydrogen (secondary N) is 1. The lowest BCUT2D eigenvalue weighted by Gasteiger charge is -2.26. The fourth-order valence-corrected chi connectivity index (χ4v) is 4.34. The zero-order chi connectivity index (χ0) is 20.4. The van der Waals surface area contributed by atoms with E-state index in [9.17, 15) is 9.59 Å². The van der Waals surface area contributed by atoms with E-state index in [1.54, 1.807) is 6.92 Å². The molecule has 29 heavy (non-hydrogen) atoms. The predicted octanol–water partition coefficient (Wildman–Crippen LogP) is 4.86. The number of hydrogen-bond acceptors (Lipinski definition) is 2. The summed E-state index contributed by atoms with van der Waals surface area (Å²) in [6.45, 7) is 3.68. The summed E-state index contributed by atoms with van der Waals surface area (Å²) in [5.74, 6) is -0.0160. The maximum Gasteiger partial charge on any atom is 0.240 e. The molecule has 1 heterocycles. The number of aromatic nitrogens is 1. The number of ketones is 1. The van der Waals surface area contributed by atoms with Crippen molar-refractivity contribution in [3.63, 3.8) is 0 Å². The Morgan fingerprint density at radius 2 is 1.79 bits per heavy atom. The van der Waals surface area contributed by atoms with Crippen molar-refractivity contribution in [3.8, 4) is 11.3 Å². The topological polar surface area (TPSA) is 51.1 Å². The van der Waals surface area contributed by atoms with Gasteiger partial charge in [-0.05, 0) is 55.9 Å². The van der Waals surface area contributed by atoms with Gasteiger partial charge in [0, 0.05) is 17.0 Å². The number of benzene rings is 2. The zero-order valence-electron chi connectivity index (χ0n) is 16.9. The molecular formula is C25H26N2O2. The first-order chi connectivity index (χ1) is 14.0. The average molecular weight is 386 g/mol. The molecule has 4 heteroatoms. The quantitative estimate of drug-likeness (QED) is 0.637. The van der Waals surface area contributed by atoms with Crippen molar-refractivity contribution in [3.05, 3.63) is 83.0 Å². The lowest BCUT2D eigenvalue weighted by atomic mass is 9.88. The summed E-state index contributed by atoms with van der Waals surface area (Å²) >= 11 is 0. The molecule has 0 unspecified atom stereocenters. The van der Waals surface area contributed by atoms with Crippen molar-refractivity contribution in [2.75, 3.05) is 0 Å². The SMILES string of the molecule is CC(=O)c1cc(-c2ccccc2)n(CC(=O)N[C@H]2CCCc3ccccc32)c1C. The van der Waals surface area contributed by atoms with Crippen molar-refractivity contribution in [1.82, 2.24) is 9.88 Å². The van der Waals surface area contributed by atoms with E-state index in [-0.39, 0.29) is 24.3 Å². The molecule has 0 saturated heterocycles. The first kappa shape index (κ1) is 19.2. The van der Waals surface area contributed by atoms with Crippen LogP contribution in [0.4, 0.5) is 0 Å². The zero-order valence-corrected chi connectivity index (χ0v) is 16.9. The molecule has 0 aliphatic heterocycles. The van der Waals surface area contributed by atoms with Gasteiger partial charge in [0.2, 0.25) is 5.91 Å². The van der Waals surface area contributed by atoms with Gasteiger partial charge in [-0.15, -0.1) is 0 Å². The lowest BCUT2D eigenvalue weighted by Crippen LogP contribution is -2.33. The Hall–Kier alpha value is -3.14. The molecule has 0 spiro atoms. The van der Waals surface area contributed by atoms with E-state index in [4.69, 9.17) is 0 Å². The number of amides is 1. The molecule has 1 aliphatic rings. The fraction of sp³-hybridized carbons (Fsp3) is 0.280. The number of hydrogen-bond donors (Lipinski definition) is 1. The molecule has 1 aliphatic carbocycles. The lowest BCUT2D eigenvalue weighted by molar-refractivity contribution is -0.122. The number of fused-ring (bicyclic) bond motifs is 1. The highest BCUT2D eigenvalue weighted by atomic mass is 16.2. The van der Waals surface area contributed by atoms with Gasteiger partial charge >= 0.3 is 0 Å². The molecule has 3 aromatic rings. The Bertz CT molecular complexity index is 1050. The molecule has 2 aromatic carbocycles. The van der Waals surface area contributed by atoms with Crippen molar-refractivity contribution < 1.29 is 9.59 Å². The Morgan fingerprint density at radius 3 is 2.55 bits per heavy atom. The summed E-state index contributed by atoms with van der Waals surface area (Å²) < 4.78 is 1.95. The minimum absolute atomic E-state index is 0.0139. The third-order valence-electron chi connectivity index (χ3n) is 5.82. The summed E-state index contributed by atoms with van der Waals surface area (Å²) in [7, 11) is 0. The van der Waals surface area contributed by atoms with Gasteiger partial charge in [0.15, 0.2) is 5.78 Å². The number of aryl methyl sites for hydroxylation is 1. The maximum atomic E-state index is 13.0. The highest BCUT2D eigenvalue weighted by Gasteiger charge is 2.23. The number of nitrogens with zero attached hydrogens (tertiary/aromatic N) is 1. The van der Waals surface area contributed by atoms with Crippen LogP contribution < -0.4 is 5.32 Å². The highest BCUT2D eigenvalue weighted by Crippen LogP contribution is 2.30. The van der Waals surface area contributed by atoms with Crippen molar-refractivity contribution >= 4 is 11.7 Å². The van der Waals surface area contributed by atoms with Crippen LogP contribution in [-0.4, -0.2) is 16.3 Å². The minimum atomic E-state index is -0.0299. The summed E-state index contributed by atoms with van der Waals surface area (Å²) in [4.78, 5) is 25.1. The smallest absolute Gasteiger partial charge is 0.240 e. The molecule has 1 amide bonds. The van der Waals surface area contributed by atoms with Crippen LogP contribution in [-0.2, 0) is 17.8 Å². The molecule has 1 N–H and O–H groups in total. The van der Waals surface area contributed by atoms with Crippen LogP contribution >= 0.6 is 0 Å². The van der Waals surface area contributed by atoms with Crippen molar-refractivity contribution in [1.29, 1.82) is 0 Å². The molecular weight excluding hydrogens is 360 g/mol. The highest BCUT2D eigenvalue weighted by molar-refractivity contribution is 5.97. The minimum Gasteiger partial charge on any atom is -0.348 e. The molecule has 148 valence electrons. The van der Waals surface area contributed by atoms with Gasteiger partial charge in [0.25, 0.3) is 0 Å². The maximum absolute atomic E-state index is 13.0. The van der Waals surface area contributed by atoms with E-state index in [1.807, 2.05) is 54.0 Å². The fourth-order valence-electron chi connectivity index (χ4n) is 4.34. The second-order valence-corrected chi connectivity index (χ2v) is 7.75. The van der Waals surface area contributed by atoms with Crippen molar-refractivity contribution in [2.24, 2.45) is 0 Å². The summed E-state index contributed by atoms with van der Waals surface area (Å²) in [5.41, 5.74) is 5.94. The Morgan fingerprint density at radius 1 is 1.07 bits per heavy atom. The van der Waals surface area contributed by atoms with E-state index < -0.39 is 0 Å². The third kappa shape index (κ3) is 3.88. The first-order valence-electron chi connectivity index (χ1n) is 10.2. The van der Waals surface area contributed by atoms with E-state index >= 15 is 0 Å². The molecule has 0 bridgehead atoms. The molecule has 0 radical (unpaired) electrons. The average Bonchev–Trinajstić information content (AvgIpc) is 3.05. The molecule has 0 fully saturated rings.